The molecule has 1 unspecified atom stereocenters. The lowest BCUT2D eigenvalue weighted by molar-refractivity contribution is 0.620. The van der Waals surface area contributed by atoms with E-state index in [1.54, 1.807) is 6.20 Å². The third-order valence-electron chi connectivity index (χ3n) is 2.43. The fourth-order valence-corrected chi connectivity index (χ4v) is 2.08. The van der Waals surface area contributed by atoms with Crippen molar-refractivity contribution >= 4 is 27.5 Å². The first-order valence-corrected chi connectivity index (χ1v) is 6.21. The molecule has 2 aromatic rings. The molecule has 1 aromatic carbocycles. The molecule has 5 heteroatoms. The number of benzene rings is 1. The van der Waals surface area contributed by atoms with Crippen LogP contribution >= 0.6 is 27.5 Å². The summed E-state index contributed by atoms with van der Waals surface area (Å²) in [5.41, 5.74) is 4.46. The summed E-state index contributed by atoms with van der Waals surface area (Å²) in [6.07, 6.45) is 1.73. The zero-order valence-corrected chi connectivity index (χ0v) is 11.2. The number of hydrogen-bond donors (Lipinski definition) is 2. The van der Waals surface area contributed by atoms with E-state index in [0.717, 1.165) is 15.7 Å². The van der Waals surface area contributed by atoms with Crippen LogP contribution in [-0.4, -0.2) is 4.98 Å². The minimum Gasteiger partial charge on any atom is -0.271 e. The molecule has 3 nitrogen and oxygen atoms in total. The fourth-order valence-electron chi connectivity index (χ4n) is 1.60. The second kappa shape index (κ2) is 5.60. The third kappa shape index (κ3) is 2.84. The third-order valence-corrected chi connectivity index (χ3v) is 3.24. The summed E-state index contributed by atoms with van der Waals surface area (Å²) in [5.74, 6) is 5.58. The van der Waals surface area contributed by atoms with E-state index >= 15 is 0 Å². The monoisotopic (exact) mass is 311 g/mol. The minimum atomic E-state index is -0.211. The van der Waals surface area contributed by atoms with Crippen LogP contribution < -0.4 is 11.3 Å². The number of aromatic nitrogens is 1. The molecular weight excluding hydrogens is 302 g/mol. The van der Waals surface area contributed by atoms with Gasteiger partial charge in [-0.25, -0.2) is 5.43 Å². The average molecular weight is 313 g/mol. The van der Waals surface area contributed by atoms with Gasteiger partial charge in [0.1, 0.15) is 0 Å². The molecule has 3 N–H and O–H groups in total. The Morgan fingerprint density at radius 2 is 2.00 bits per heavy atom. The second-order valence-electron chi connectivity index (χ2n) is 3.52. The summed E-state index contributed by atoms with van der Waals surface area (Å²) in [6.45, 7) is 0. The van der Waals surface area contributed by atoms with Gasteiger partial charge >= 0.3 is 0 Å². The van der Waals surface area contributed by atoms with Crippen LogP contribution in [0.25, 0.3) is 0 Å². The van der Waals surface area contributed by atoms with Crippen LogP contribution in [0, 0.1) is 0 Å². The van der Waals surface area contributed by atoms with Gasteiger partial charge in [0.15, 0.2) is 0 Å². The van der Waals surface area contributed by atoms with Crippen molar-refractivity contribution in [2.24, 2.45) is 5.84 Å². The Bertz CT molecular complexity index is 501. The lowest BCUT2D eigenvalue weighted by Gasteiger charge is -2.17. The van der Waals surface area contributed by atoms with E-state index in [1.165, 1.54) is 0 Å². The van der Waals surface area contributed by atoms with Gasteiger partial charge in [0.25, 0.3) is 0 Å². The molecule has 1 heterocycles. The Hall–Kier alpha value is -0.940. The van der Waals surface area contributed by atoms with Crippen LogP contribution in [0.2, 0.25) is 5.02 Å². The Morgan fingerprint density at radius 1 is 1.24 bits per heavy atom. The van der Waals surface area contributed by atoms with Gasteiger partial charge in [0.2, 0.25) is 0 Å². The molecule has 0 saturated carbocycles. The molecule has 1 aromatic heterocycles. The average Bonchev–Trinajstić information content (AvgIpc) is 2.35. The molecular formula is C12H11BrClN3. The predicted octanol–water partition coefficient (Wildman–Crippen LogP) is 3.05. The quantitative estimate of drug-likeness (QED) is 0.676. The highest BCUT2D eigenvalue weighted by Gasteiger charge is 2.16. The number of pyridine rings is 1. The van der Waals surface area contributed by atoms with Crippen molar-refractivity contribution in [1.82, 2.24) is 10.4 Å². The molecule has 1 atom stereocenters. The van der Waals surface area contributed by atoms with Gasteiger partial charge in [-0.05, 0) is 39.7 Å². The van der Waals surface area contributed by atoms with E-state index in [2.05, 4.69) is 26.3 Å². The van der Waals surface area contributed by atoms with Crippen molar-refractivity contribution in [3.8, 4) is 0 Å². The Morgan fingerprint density at radius 3 is 2.59 bits per heavy atom. The maximum absolute atomic E-state index is 6.15. The van der Waals surface area contributed by atoms with Crippen molar-refractivity contribution in [1.29, 1.82) is 0 Å². The number of hydrogen-bond acceptors (Lipinski definition) is 3. The molecule has 0 aliphatic heterocycles. The highest BCUT2D eigenvalue weighted by molar-refractivity contribution is 9.10. The van der Waals surface area contributed by atoms with Gasteiger partial charge in [-0.2, -0.15) is 0 Å². The molecule has 88 valence electrons. The number of hydrazine groups is 1. The maximum atomic E-state index is 6.15. The Labute approximate surface area is 113 Å². The number of halogens is 2. The highest BCUT2D eigenvalue weighted by Crippen LogP contribution is 2.26. The zero-order chi connectivity index (χ0) is 12.3. The standard InChI is InChI=1S/C12H11BrClN3/c13-8-5-6-11(16-7-8)12(17-15)9-3-1-2-4-10(9)14/h1-7,12,17H,15H2. The van der Waals surface area contributed by atoms with Crippen LogP contribution in [0.3, 0.4) is 0 Å². The highest BCUT2D eigenvalue weighted by atomic mass is 79.9. The molecule has 0 saturated heterocycles. The number of nitrogens with one attached hydrogen (secondary N) is 1. The normalized spacial score (nSPS) is 12.4. The SMILES string of the molecule is NNC(c1ccc(Br)cn1)c1ccccc1Cl. The van der Waals surface area contributed by atoms with Crippen molar-refractivity contribution in [2.75, 3.05) is 0 Å². The number of rotatable bonds is 3. The largest absolute Gasteiger partial charge is 0.271 e. The van der Waals surface area contributed by atoms with Gasteiger partial charge in [0, 0.05) is 15.7 Å². The van der Waals surface area contributed by atoms with Crippen molar-refractivity contribution < 1.29 is 0 Å². The lowest BCUT2D eigenvalue weighted by Crippen LogP contribution is -2.29. The van der Waals surface area contributed by atoms with E-state index in [-0.39, 0.29) is 6.04 Å². The first-order valence-electron chi connectivity index (χ1n) is 5.04. The molecule has 2 rings (SSSR count). The molecule has 0 radical (unpaired) electrons. The van der Waals surface area contributed by atoms with Crippen LogP contribution in [0.1, 0.15) is 17.3 Å². The summed E-state index contributed by atoms with van der Waals surface area (Å²) in [7, 11) is 0. The van der Waals surface area contributed by atoms with Crippen LogP contribution in [-0.2, 0) is 0 Å². The van der Waals surface area contributed by atoms with Crippen LogP contribution in [0.15, 0.2) is 47.1 Å². The molecule has 0 aliphatic carbocycles. The maximum Gasteiger partial charge on any atom is 0.0895 e. The van der Waals surface area contributed by atoms with E-state index in [4.69, 9.17) is 17.4 Å². The summed E-state index contributed by atoms with van der Waals surface area (Å²) in [6, 6.07) is 11.2. The van der Waals surface area contributed by atoms with Gasteiger partial charge in [-0.1, -0.05) is 29.8 Å². The topological polar surface area (TPSA) is 50.9 Å². The summed E-state index contributed by atoms with van der Waals surface area (Å²) < 4.78 is 0.927. The van der Waals surface area contributed by atoms with Crippen molar-refractivity contribution in [2.45, 2.75) is 6.04 Å². The minimum absolute atomic E-state index is 0.211. The van der Waals surface area contributed by atoms with Gasteiger partial charge < -0.3 is 0 Å². The molecule has 0 aliphatic rings. The fraction of sp³-hybridized carbons (Fsp3) is 0.0833. The molecule has 0 bridgehead atoms. The van der Waals surface area contributed by atoms with E-state index in [0.29, 0.717) is 5.02 Å². The molecule has 0 spiro atoms. The van der Waals surface area contributed by atoms with Gasteiger partial charge in [-0.3, -0.25) is 10.8 Å². The summed E-state index contributed by atoms with van der Waals surface area (Å²) in [5, 5.41) is 0.667. The first-order chi connectivity index (χ1) is 8.22. The van der Waals surface area contributed by atoms with Gasteiger partial charge in [0.05, 0.1) is 11.7 Å². The predicted molar refractivity (Wildman–Crippen MR) is 72.6 cm³/mol. The molecule has 0 fully saturated rings. The molecule has 0 amide bonds. The summed E-state index contributed by atoms with van der Waals surface area (Å²) >= 11 is 9.49. The Kier molecular flexibility index (Phi) is 4.12. The van der Waals surface area contributed by atoms with Crippen molar-refractivity contribution in [3.05, 3.63) is 63.3 Å². The van der Waals surface area contributed by atoms with Crippen molar-refractivity contribution in [3.63, 3.8) is 0 Å². The van der Waals surface area contributed by atoms with Crippen LogP contribution in [0.5, 0.6) is 0 Å². The second-order valence-corrected chi connectivity index (χ2v) is 4.85. The van der Waals surface area contributed by atoms with Crippen LogP contribution in [0.4, 0.5) is 0 Å². The first kappa shape index (κ1) is 12.5. The van der Waals surface area contributed by atoms with E-state index in [9.17, 15) is 0 Å². The smallest absolute Gasteiger partial charge is 0.0895 e. The number of nitrogens with zero attached hydrogens (tertiary/aromatic N) is 1. The molecule has 17 heavy (non-hydrogen) atoms. The van der Waals surface area contributed by atoms with E-state index < -0.39 is 0 Å². The lowest BCUT2D eigenvalue weighted by atomic mass is 10.0. The van der Waals surface area contributed by atoms with Gasteiger partial charge in [-0.15, -0.1) is 0 Å². The number of nitrogens with two attached hydrogens (primary N) is 1. The Balaban J connectivity index is 2.40. The van der Waals surface area contributed by atoms with E-state index in [1.807, 2.05) is 36.4 Å². The summed E-state index contributed by atoms with van der Waals surface area (Å²) in [4.78, 5) is 4.32. The zero-order valence-electron chi connectivity index (χ0n) is 8.90.